The van der Waals surface area contributed by atoms with E-state index in [0.29, 0.717) is 35.5 Å². The molecule has 1 aromatic heterocycles. The largest absolute Gasteiger partial charge is 0.493 e. The number of esters is 1. The Balaban J connectivity index is 1.64. The van der Waals surface area contributed by atoms with E-state index in [1.165, 1.54) is 6.92 Å². The second-order valence-electron chi connectivity index (χ2n) is 7.09. The molecule has 0 saturated carbocycles. The lowest BCUT2D eigenvalue weighted by Crippen LogP contribution is -2.11. The molecule has 29 heavy (non-hydrogen) atoms. The van der Waals surface area contributed by atoms with Gasteiger partial charge in [-0.2, -0.15) is 0 Å². The van der Waals surface area contributed by atoms with Gasteiger partial charge in [-0.15, -0.1) is 0 Å². The maximum atomic E-state index is 11.8. The standard InChI is InChI=1S/C23H28O6/c1-16(2)22(25)28-13-9-7-5-4-6-8-12-27-19-11-10-18-14-20(17(3)24)23(26)29-21(18)15-19/h10-11,14-15H,1,4-9,12-13H2,2-3H3. The summed E-state index contributed by atoms with van der Waals surface area (Å²) < 4.78 is 16.0. The van der Waals surface area contributed by atoms with E-state index in [1.807, 2.05) is 0 Å². The number of unbranched alkanes of at least 4 members (excludes halogenated alkanes) is 5. The highest BCUT2D eigenvalue weighted by molar-refractivity contribution is 5.96. The lowest BCUT2D eigenvalue weighted by molar-refractivity contribution is -0.139. The number of Topliss-reactive ketones (excluding diaryl/α,β-unsaturated/α-hetero) is 1. The Labute approximate surface area is 170 Å². The molecule has 0 aliphatic rings. The summed E-state index contributed by atoms with van der Waals surface area (Å²) in [6.07, 6.45) is 6.05. The van der Waals surface area contributed by atoms with Crippen molar-refractivity contribution in [1.29, 1.82) is 0 Å². The molecule has 0 bridgehead atoms. The van der Waals surface area contributed by atoms with Crippen molar-refractivity contribution in [3.05, 3.63) is 52.4 Å². The van der Waals surface area contributed by atoms with Crippen LogP contribution in [0.4, 0.5) is 0 Å². The van der Waals surface area contributed by atoms with Crippen LogP contribution >= 0.6 is 0 Å². The molecule has 0 unspecified atom stereocenters. The van der Waals surface area contributed by atoms with Crippen LogP contribution in [0.1, 0.15) is 62.7 Å². The van der Waals surface area contributed by atoms with E-state index in [2.05, 4.69) is 6.58 Å². The van der Waals surface area contributed by atoms with Crippen LogP contribution in [-0.4, -0.2) is 25.0 Å². The van der Waals surface area contributed by atoms with E-state index in [9.17, 15) is 14.4 Å². The topological polar surface area (TPSA) is 82.8 Å². The highest BCUT2D eigenvalue weighted by Crippen LogP contribution is 2.21. The van der Waals surface area contributed by atoms with Gasteiger partial charge in [-0.1, -0.05) is 32.3 Å². The molecule has 0 aliphatic carbocycles. The lowest BCUT2D eigenvalue weighted by atomic mass is 10.1. The number of ether oxygens (including phenoxy) is 2. The quantitative estimate of drug-likeness (QED) is 0.167. The van der Waals surface area contributed by atoms with Crippen LogP contribution in [0.2, 0.25) is 0 Å². The molecule has 1 heterocycles. The third-order valence-electron chi connectivity index (χ3n) is 4.48. The van der Waals surface area contributed by atoms with Crippen molar-refractivity contribution in [3.63, 3.8) is 0 Å². The van der Waals surface area contributed by atoms with Crippen LogP contribution in [0, 0.1) is 0 Å². The second-order valence-corrected chi connectivity index (χ2v) is 7.09. The smallest absolute Gasteiger partial charge is 0.347 e. The van der Waals surface area contributed by atoms with E-state index in [1.54, 1.807) is 31.2 Å². The molecular weight excluding hydrogens is 372 g/mol. The van der Waals surface area contributed by atoms with Gasteiger partial charge in [0.25, 0.3) is 0 Å². The average Bonchev–Trinajstić information content (AvgIpc) is 2.68. The number of hydrogen-bond acceptors (Lipinski definition) is 6. The molecule has 1 aromatic carbocycles. The summed E-state index contributed by atoms with van der Waals surface area (Å²) in [5.74, 6) is -0.00110. The summed E-state index contributed by atoms with van der Waals surface area (Å²) in [7, 11) is 0. The Bertz CT molecular complexity index is 925. The monoisotopic (exact) mass is 400 g/mol. The van der Waals surface area contributed by atoms with E-state index in [4.69, 9.17) is 13.9 Å². The summed E-state index contributed by atoms with van der Waals surface area (Å²) in [5, 5.41) is 0.691. The SMILES string of the molecule is C=C(C)C(=O)OCCCCCCCCOc1ccc2cc(C(C)=O)c(=O)oc2c1. The molecule has 2 rings (SSSR count). The number of ketones is 1. The van der Waals surface area contributed by atoms with Crippen molar-refractivity contribution in [1.82, 2.24) is 0 Å². The number of benzene rings is 1. The summed E-state index contributed by atoms with van der Waals surface area (Å²) in [4.78, 5) is 34.5. The molecule has 0 aliphatic heterocycles. The lowest BCUT2D eigenvalue weighted by Gasteiger charge is -2.07. The van der Waals surface area contributed by atoms with Gasteiger partial charge < -0.3 is 13.9 Å². The molecular formula is C23H28O6. The number of carbonyl (C=O) groups is 2. The Morgan fingerprint density at radius 1 is 0.966 bits per heavy atom. The first-order valence-corrected chi connectivity index (χ1v) is 9.93. The van der Waals surface area contributed by atoms with E-state index >= 15 is 0 Å². The summed E-state index contributed by atoms with van der Waals surface area (Å²) in [6, 6.07) is 6.80. The maximum absolute atomic E-state index is 11.8. The highest BCUT2D eigenvalue weighted by atomic mass is 16.5. The Hall–Kier alpha value is -2.89. The van der Waals surface area contributed by atoms with Gasteiger partial charge in [-0.05, 0) is 44.9 Å². The molecule has 0 saturated heterocycles. The number of rotatable bonds is 12. The van der Waals surface area contributed by atoms with Crippen molar-refractivity contribution >= 4 is 22.7 Å². The molecule has 156 valence electrons. The van der Waals surface area contributed by atoms with Crippen LogP contribution in [0.15, 0.2) is 45.6 Å². The summed E-state index contributed by atoms with van der Waals surface area (Å²) in [5.41, 5.74) is 0.265. The van der Waals surface area contributed by atoms with Crippen LogP contribution < -0.4 is 10.4 Å². The number of carbonyl (C=O) groups excluding carboxylic acids is 2. The van der Waals surface area contributed by atoms with Crippen molar-refractivity contribution < 1.29 is 23.5 Å². The van der Waals surface area contributed by atoms with E-state index in [-0.39, 0.29) is 17.3 Å². The molecule has 0 N–H and O–H groups in total. The van der Waals surface area contributed by atoms with Crippen molar-refractivity contribution in [2.45, 2.75) is 52.4 Å². The van der Waals surface area contributed by atoms with Gasteiger partial charge in [-0.25, -0.2) is 9.59 Å². The van der Waals surface area contributed by atoms with Crippen molar-refractivity contribution in [2.75, 3.05) is 13.2 Å². The number of fused-ring (bicyclic) bond motifs is 1. The highest BCUT2D eigenvalue weighted by Gasteiger charge is 2.10. The second kappa shape index (κ2) is 11.2. The fourth-order valence-corrected chi connectivity index (χ4v) is 2.82. The van der Waals surface area contributed by atoms with Gasteiger partial charge in [0, 0.05) is 17.0 Å². The summed E-state index contributed by atoms with van der Waals surface area (Å²) in [6.45, 7) is 7.55. The van der Waals surface area contributed by atoms with Gasteiger partial charge in [0.15, 0.2) is 5.78 Å². The molecule has 6 nitrogen and oxygen atoms in total. The predicted octanol–water partition coefficient (Wildman–Crippen LogP) is 4.83. The van der Waals surface area contributed by atoms with Crippen LogP contribution in [0.5, 0.6) is 5.75 Å². The molecule has 0 radical (unpaired) electrons. The fourth-order valence-electron chi connectivity index (χ4n) is 2.82. The maximum Gasteiger partial charge on any atom is 0.347 e. The zero-order chi connectivity index (χ0) is 21.2. The molecule has 0 fully saturated rings. The van der Waals surface area contributed by atoms with Crippen molar-refractivity contribution in [3.8, 4) is 5.75 Å². The minimum Gasteiger partial charge on any atom is -0.493 e. The van der Waals surface area contributed by atoms with Gasteiger partial charge in [-0.3, -0.25) is 4.79 Å². The van der Waals surface area contributed by atoms with Gasteiger partial charge in [0.1, 0.15) is 16.9 Å². The molecule has 0 spiro atoms. The minimum atomic E-state index is -0.628. The first-order valence-electron chi connectivity index (χ1n) is 9.93. The number of hydrogen-bond donors (Lipinski definition) is 0. The third-order valence-corrected chi connectivity index (χ3v) is 4.48. The van der Waals surface area contributed by atoms with E-state index in [0.717, 1.165) is 38.5 Å². The molecule has 6 heteroatoms. The van der Waals surface area contributed by atoms with Gasteiger partial charge >= 0.3 is 11.6 Å². The van der Waals surface area contributed by atoms with Crippen LogP contribution in [0.25, 0.3) is 11.0 Å². The summed E-state index contributed by atoms with van der Waals surface area (Å²) >= 11 is 0. The third kappa shape index (κ3) is 7.22. The first kappa shape index (κ1) is 22.4. The molecule has 2 aromatic rings. The van der Waals surface area contributed by atoms with Gasteiger partial charge in [0.05, 0.1) is 13.2 Å². The zero-order valence-electron chi connectivity index (χ0n) is 17.1. The zero-order valence-corrected chi connectivity index (χ0v) is 17.1. The van der Waals surface area contributed by atoms with Crippen LogP contribution in [-0.2, 0) is 9.53 Å². The molecule has 0 atom stereocenters. The van der Waals surface area contributed by atoms with Gasteiger partial charge in [0.2, 0.25) is 0 Å². The average molecular weight is 400 g/mol. The normalized spacial score (nSPS) is 10.7. The Kier molecular flexibility index (Phi) is 8.65. The van der Waals surface area contributed by atoms with Crippen molar-refractivity contribution in [2.24, 2.45) is 0 Å². The first-order chi connectivity index (χ1) is 13.9. The minimum absolute atomic E-state index is 0.0557. The molecule has 0 amide bonds. The van der Waals surface area contributed by atoms with E-state index < -0.39 is 5.63 Å². The fraction of sp³-hybridized carbons (Fsp3) is 0.435. The van der Waals surface area contributed by atoms with Crippen LogP contribution in [0.3, 0.4) is 0 Å². The Morgan fingerprint density at radius 2 is 1.62 bits per heavy atom. The Morgan fingerprint density at radius 3 is 2.28 bits per heavy atom. The predicted molar refractivity (Wildman–Crippen MR) is 111 cm³/mol.